The van der Waals surface area contributed by atoms with Gasteiger partial charge in [0.2, 0.25) is 17.8 Å². The summed E-state index contributed by atoms with van der Waals surface area (Å²) >= 11 is 0. The van der Waals surface area contributed by atoms with Crippen molar-refractivity contribution in [2.24, 2.45) is 0 Å². The van der Waals surface area contributed by atoms with E-state index in [4.69, 9.17) is 10.5 Å². The van der Waals surface area contributed by atoms with Crippen LogP contribution in [0.1, 0.15) is 19.8 Å². The molecular weight excluding hydrogens is 244 g/mol. The smallest absolute Gasteiger partial charge is 0.232 e. The van der Waals surface area contributed by atoms with E-state index in [0.717, 1.165) is 32.5 Å². The minimum atomic E-state index is 0.250. The first-order valence-electron chi connectivity index (χ1n) is 6.65. The molecule has 1 saturated heterocycles. The van der Waals surface area contributed by atoms with Crippen LogP contribution >= 0.6 is 0 Å². The van der Waals surface area contributed by atoms with Gasteiger partial charge in [-0.3, -0.25) is 0 Å². The number of ether oxygens (including phenoxy) is 1. The van der Waals surface area contributed by atoms with Gasteiger partial charge in [0.05, 0.1) is 6.10 Å². The molecule has 1 aromatic heterocycles. The first-order valence-corrected chi connectivity index (χ1v) is 6.65. The summed E-state index contributed by atoms with van der Waals surface area (Å²) in [6, 6.07) is 0. The molecule has 2 rings (SSSR count). The highest BCUT2D eigenvalue weighted by atomic mass is 16.5. The first kappa shape index (κ1) is 13.8. The summed E-state index contributed by atoms with van der Waals surface area (Å²) in [5.41, 5.74) is 5.75. The van der Waals surface area contributed by atoms with Gasteiger partial charge in [0.15, 0.2) is 0 Å². The van der Waals surface area contributed by atoms with Gasteiger partial charge in [-0.1, -0.05) is 0 Å². The molecule has 19 heavy (non-hydrogen) atoms. The number of nitrogens with two attached hydrogens (primary N) is 1. The van der Waals surface area contributed by atoms with E-state index in [-0.39, 0.29) is 12.1 Å². The second-order valence-electron chi connectivity index (χ2n) is 4.86. The summed E-state index contributed by atoms with van der Waals surface area (Å²) in [5.74, 6) is 1.45. The summed E-state index contributed by atoms with van der Waals surface area (Å²) in [6.07, 6.45) is 2.49. The van der Waals surface area contributed by atoms with Crippen molar-refractivity contribution < 1.29 is 4.74 Å². The van der Waals surface area contributed by atoms with Crippen molar-refractivity contribution in [3.8, 4) is 0 Å². The van der Waals surface area contributed by atoms with Gasteiger partial charge in [-0.25, -0.2) is 0 Å². The van der Waals surface area contributed by atoms with Gasteiger partial charge in [-0.15, -0.1) is 0 Å². The normalized spacial score (nSPS) is 18.6. The Bertz CT molecular complexity index is 419. The molecule has 0 spiro atoms. The topological polar surface area (TPSA) is 80.4 Å². The molecule has 1 unspecified atom stereocenters. The van der Waals surface area contributed by atoms with Gasteiger partial charge in [-0.2, -0.15) is 15.0 Å². The van der Waals surface area contributed by atoms with E-state index < -0.39 is 0 Å². The molecule has 0 saturated carbocycles. The molecule has 2 heterocycles. The monoisotopic (exact) mass is 266 g/mol. The van der Waals surface area contributed by atoms with Crippen molar-refractivity contribution in [1.29, 1.82) is 0 Å². The van der Waals surface area contributed by atoms with Crippen LogP contribution in [0.25, 0.3) is 0 Å². The Morgan fingerprint density at radius 1 is 1.26 bits per heavy atom. The molecule has 2 N–H and O–H groups in total. The lowest BCUT2D eigenvalue weighted by atomic mass is 10.2. The quantitative estimate of drug-likeness (QED) is 0.832. The van der Waals surface area contributed by atoms with Crippen LogP contribution in [-0.4, -0.2) is 54.8 Å². The second-order valence-corrected chi connectivity index (χ2v) is 4.86. The molecule has 7 heteroatoms. The maximum absolute atomic E-state index is 5.75. The molecule has 1 aliphatic heterocycles. The van der Waals surface area contributed by atoms with E-state index in [9.17, 15) is 0 Å². The van der Waals surface area contributed by atoms with E-state index >= 15 is 0 Å². The van der Waals surface area contributed by atoms with Crippen molar-refractivity contribution in [2.75, 3.05) is 49.3 Å². The van der Waals surface area contributed by atoms with Crippen molar-refractivity contribution in [2.45, 2.75) is 25.9 Å². The zero-order chi connectivity index (χ0) is 13.8. The lowest BCUT2D eigenvalue weighted by Gasteiger charge is -2.24. The predicted molar refractivity (Wildman–Crippen MR) is 75.4 cm³/mol. The zero-order valence-electron chi connectivity index (χ0n) is 11.8. The average Bonchev–Trinajstić information content (AvgIpc) is 2.88. The van der Waals surface area contributed by atoms with Crippen molar-refractivity contribution in [3.63, 3.8) is 0 Å². The van der Waals surface area contributed by atoms with Crippen molar-refractivity contribution in [1.82, 2.24) is 15.0 Å². The minimum absolute atomic E-state index is 0.250. The van der Waals surface area contributed by atoms with Crippen LogP contribution < -0.4 is 15.5 Å². The molecule has 0 aliphatic carbocycles. The molecule has 0 amide bonds. The number of rotatable bonds is 5. The Kier molecular flexibility index (Phi) is 4.36. The Morgan fingerprint density at radius 3 is 2.58 bits per heavy atom. The van der Waals surface area contributed by atoms with Crippen LogP contribution in [0.3, 0.4) is 0 Å². The molecule has 106 valence electrons. The van der Waals surface area contributed by atoms with E-state index in [1.54, 1.807) is 0 Å². The van der Waals surface area contributed by atoms with E-state index in [0.29, 0.717) is 11.9 Å². The maximum atomic E-state index is 5.75. The average molecular weight is 266 g/mol. The molecule has 1 aliphatic rings. The van der Waals surface area contributed by atoms with Crippen LogP contribution in [-0.2, 0) is 4.74 Å². The fourth-order valence-corrected chi connectivity index (χ4v) is 2.10. The molecule has 1 aromatic rings. The summed E-state index contributed by atoms with van der Waals surface area (Å²) in [6.45, 7) is 4.54. The van der Waals surface area contributed by atoms with Gasteiger partial charge in [0.1, 0.15) is 0 Å². The zero-order valence-corrected chi connectivity index (χ0v) is 11.8. The third-order valence-electron chi connectivity index (χ3n) is 3.14. The summed E-state index contributed by atoms with van der Waals surface area (Å²) < 4.78 is 5.66. The number of nitrogen functional groups attached to an aromatic ring is 1. The van der Waals surface area contributed by atoms with Crippen LogP contribution in [0.5, 0.6) is 0 Å². The molecule has 1 fully saturated rings. The molecule has 1 atom stereocenters. The van der Waals surface area contributed by atoms with Gasteiger partial charge >= 0.3 is 0 Å². The molecule has 7 nitrogen and oxygen atoms in total. The Balaban J connectivity index is 2.16. The Hall–Kier alpha value is -1.63. The summed E-state index contributed by atoms with van der Waals surface area (Å²) in [5, 5.41) is 0. The van der Waals surface area contributed by atoms with E-state index in [1.165, 1.54) is 0 Å². The highest BCUT2D eigenvalue weighted by Crippen LogP contribution is 2.18. The van der Waals surface area contributed by atoms with E-state index in [2.05, 4.69) is 26.8 Å². The number of anilines is 3. The van der Waals surface area contributed by atoms with E-state index in [1.807, 2.05) is 19.0 Å². The van der Waals surface area contributed by atoms with Gasteiger partial charge < -0.3 is 20.3 Å². The fraction of sp³-hybridized carbons (Fsp3) is 0.750. The largest absolute Gasteiger partial charge is 0.376 e. The fourth-order valence-electron chi connectivity index (χ4n) is 2.10. The number of likely N-dealkylation sites (N-methyl/N-ethyl adjacent to an activating group) is 1. The minimum Gasteiger partial charge on any atom is -0.376 e. The van der Waals surface area contributed by atoms with Gasteiger partial charge in [0.25, 0.3) is 0 Å². The summed E-state index contributed by atoms with van der Waals surface area (Å²) in [7, 11) is 3.77. The molecule has 0 radical (unpaired) electrons. The number of hydrogen-bond acceptors (Lipinski definition) is 7. The standard InChI is InChI=1S/C12H22N6O/c1-4-18(8-9-6-5-7-19-9)12-15-10(13)14-11(16-12)17(2)3/h9H,4-8H2,1-3H3,(H2,13,14,15,16). The van der Waals surface area contributed by atoms with Crippen LogP contribution in [0.2, 0.25) is 0 Å². The van der Waals surface area contributed by atoms with Gasteiger partial charge in [-0.05, 0) is 19.8 Å². The number of hydrogen-bond donors (Lipinski definition) is 1. The summed E-state index contributed by atoms with van der Waals surface area (Å²) in [4.78, 5) is 16.7. The van der Waals surface area contributed by atoms with Crippen LogP contribution in [0.15, 0.2) is 0 Å². The highest BCUT2D eigenvalue weighted by Gasteiger charge is 2.21. The highest BCUT2D eigenvalue weighted by molar-refractivity contribution is 5.42. The molecule has 0 bridgehead atoms. The van der Waals surface area contributed by atoms with Crippen molar-refractivity contribution >= 4 is 17.8 Å². The predicted octanol–water partition coefficient (Wildman–Crippen LogP) is 0.525. The number of nitrogens with zero attached hydrogens (tertiary/aromatic N) is 5. The molecular formula is C12H22N6O. The lowest BCUT2D eigenvalue weighted by Crippen LogP contribution is -2.34. The van der Waals surface area contributed by atoms with Crippen LogP contribution in [0.4, 0.5) is 17.8 Å². The Morgan fingerprint density at radius 2 is 2.00 bits per heavy atom. The maximum Gasteiger partial charge on any atom is 0.232 e. The van der Waals surface area contributed by atoms with Crippen molar-refractivity contribution in [3.05, 3.63) is 0 Å². The third kappa shape index (κ3) is 3.44. The first-order chi connectivity index (χ1) is 9.10. The second kappa shape index (κ2) is 6.01. The number of aromatic nitrogens is 3. The molecule has 0 aromatic carbocycles. The SMILES string of the molecule is CCN(CC1CCCO1)c1nc(N)nc(N(C)C)n1. The lowest BCUT2D eigenvalue weighted by molar-refractivity contribution is 0.115. The van der Waals surface area contributed by atoms with Gasteiger partial charge in [0, 0.05) is 33.8 Å². The third-order valence-corrected chi connectivity index (χ3v) is 3.14. The Labute approximate surface area is 113 Å². The van der Waals surface area contributed by atoms with Crippen LogP contribution in [0, 0.1) is 0 Å².